The first-order valence-corrected chi connectivity index (χ1v) is 7.10. The van der Waals surface area contributed by atoms with Gasteiger partial charge in [-0.3, -0.25) is 9.97 Å². The molecule has 1 unspecified atom stereocenters. The normalized spacial score (nSPS) is 11.3. The number of aromatic nitrogens is 2. The van der Waals surface area contributed by atoms with Crippen LogP contribution >= 0.6 is 0 Å². The molecule has 1 heterocycles. The Morgan fingerprint density at radius 3 is 2.61 bits per heavy atom. The Balaban J connectivity index is 1.99. The molecule has 1 atom stereocenters. The lowest BCUT2D eigenvalue weighted by Gasteiger charge is -2.16. The van der Waals surface area contributed by atoms with Crippen LogP contribution in [0.25, 0.3) is 0 Å². The van der Waals surface area contributed by atoms with Gasteiger partial charge < -0.3 is 14.8 Å². The minimum absolute atomic E-state index is 0.0999. The van der Waals surface area contributed by atoms with E-state index in [2.05, 4.69) is 15.3 Å². The minimum Gasteiger partial charge on any atom is -0.464 e. The summed E-state index contributed by atoms with van der Waals surface area (Å²) in [4.78, 5) is 31.8. The van der Waals surface area contributed by atoms with Gasteiger partial charge in [0.1, 0.15) is 6.61 Å². The van der Waals surface area contributed by atoms with Crippen LogP contribution in [0.1, 0.15) is 24.2 Å². The standard InChI is InChI=1S/C16H17N3O4/c1-2-22-15(20)14(13-10-17-8-9-18-13)19-16(21)23-11-12-6-4-3-5-7-12/h3-10,14H,2,11H2,1H3,(H,19,21). The summed E-state index contributed by atoms with van der Waals surface area (Å²) in [5.41, 5.74) is 1.12. The monoisotopic (exact) mass is 315 g/mol. The minimum atomic E-state index is -1.06. The second-order valence-corrected chi connectivity index (χ2v) is 4.52. The highest BCUT2D eigenvalue weighted by molar-refractivity contribution is 5.82. The number of ether oxygens (including phenoxy) is 2. The van der Waals surface area contributed by atoms with Crippen molar-refractivity contribution >= 4 is 12.1 Å². The number of carbonyl (C=O) groups excluding carboxylic acids is 2. The molecule has 7 heteroatoms. The van der Waals surface area contributed by atoms with Crippen LogP contribution in [-0.2, 0) is 20.9 Å². The molecule has 0 aliphatic heterocycles. The smallest absolute Gasteiger partial charge is 0.408 e. The fourth-order valence-corrected chi connectivity index (χ4v) is 1.82. The Kier molecular flexibility index (Phi) is 6.05. The van der Waals surface area contributed by atoms with Crippen molar-refractivity contribution in [1.82, 2.24) is 15.3 Å². The van der Waals surface area contributed by atoms with Crippen molar-refractivity contribution in [3.8, 4) is 0 Å². The van der Waals surface area contributed by atoms with Crippen molar-refractivity contribution in [2.24, 2.45) is 0 Å². The number of alkyl carbamates (subject to hydrolysis) is 1. The molecule has 0 spiro atoms. The molecule has 0 fully saturated rings. The largest absolute Gasteiger partial charge is 0.464 e. The average molecular weight is 315 g/mol. The highest BCUT2D eigenvalue weighted by atomic mass is 16.6. The summed E-state index contributed by atoms with van der Waals surface area (Å²) in [5, 5.41) is 2.45. The Bertz CT molecular complexity index is 634. The van der Waals surface area contributed by atoms with E-state index in [0.717, 1.165) is 5.56 Å². The molecule has 0 radical (unpaired) electrons. The SMILES string of the molecule is CCOC(=O)C(NC(=O)OCc1ccccc1)c1cnccn1. The molecule has 1 aromatic carbocycles. The Morgan fingerprint density at radius 1 is 1.17 bits per heavy atom. The summed E-state index contributed by atoms with van der Waals surface area (Å²) >= 11 is 0. The van der Waals surface area contributed by atoms with Crippen molar-refractivity contribution in [3.63, 3.8) is 0 Å². The third-order valence-electron chi connectivity index (χ3n) is 2.88. The van der Waals surface area contributed by atoms with Crippen molar-refractivity contribution in [1.29, 1.82) is 0 Å². The predicted octanol–water partition coefficient (Wildman–Crippen LogP) is 2.01. The maximum atomic E-state index is 12.0. The van der Waals surface area contributed by atoms with Crippen LogP contribution in [0.3, 0.4) is 0 Å². The van der Waals surface area contributed by atoms with E-state index in [9.17, 15) is 9.59 Å². The molecule has 0 saturated heterocycles. The molecule has 23 heavy (non-hydrogen) atoms. The van der Waals surface area contributed by atoms with Gasteiger partial charge in [-0.1, -0.05) is 30.3 Å². The van der Waals surface area contributed by atoms with E-state index in [1.54, 1.807) is 6.92 Å². The number of hydrogen-bond acceptors (Lipinski definition) is 6. The molecule has 1 amide bonds. The zero-order valence-corrected chi connectivity index (χ0v) is 12.6. The molecule has 7 nitrogen and oxygen atoms in total. The number of benzene rings is 1. The van der Waals surface area contributed by atoms with Crippen LogP contribution in [0.2, 0.25) is 0 Å². The van der Waals surface area contributed by atoms with Crippen molar-refractivity contribution in [2.45, 2.75) is 19.6 Å². The zero-order chi connectivity index (χ0) is 16.5. The summed E-state index contributed by atoms with van der Waals surface area (Å²) in [6.45, 7) is 1.97. The van der Waals surface area contributed by atoms with Gasteiger partial charge in [0.25, 0.3) is 0 Å². The molecule has 2 rings (SSSR count). The maximum Gasteiger partial charge on any atom is 0.408 e. The van der Waals surface area contributed by atoms with Gasteiger partial charge in [0.2, 0.25) is 0 Å². The molecule has 0 saturated carbocycles. The highest BCUT2D eigenvalue weighted by Crippen LogP contribution is 2.11. The Hall–Kier alpha value is -2.96. The van der Waals surface area contributed by atoms with Gasteiger partial charge in [-0.05, 0) is 12.5 Å². The number of carbonyl (C=O) groups is 2. The molecule has 1 aromatic heterocycles. The van der Waals surface area contributed by atoms with Gasteiger partial charge in [0.15, 0.2) is 6.04 Å². The summed E-state index contributed by atoms with van der Waals surface area (Å²) in [5.74, 6) is -0.621. The second kappa shape index (κ2) is 8.47. The summed E-state index contributed by atoms with van der Waals surface area (Å²) in [6.07, 6.45) is 3.55. The lowest BCUT2D eigenvalue weighted by atomic mass is 10.2. The van der Waals surface area contributed by atoms with Crippen molar-refractivity contribution in [3.05, 3.63) is 60.2 Å². The molecule has 120 valence electrons. The third kappa shape index (κ3) is 5.06. The summed E-state index contributed by atoms with van der Waals surface area (Å²) in [7, 11) is 0. The fourth-order valence-electron chi connectivity index (χ4n) is 1.82. The fraction of sp³-hybridized carbons (Fsp3) is 0.250. The Labute approximate surface area is 133 Å². The Morgan fingerprint density at radius 2 is 1.96 bits per heavy atom. The van der Waals surface area contributed by atoms with E-state index >= 15 is 0 Å². The van der Waals surface area contributed by atoms with Crippen LogP contribution in [0.4, 0.5) is 4.79 Å². The molecule has 0 aliphatic carbocycles. The van der Waals surface area contributed by atoms with Gasteiger partial charge in [0, 0.05) is 12.4 Å². The second-order valence-electron chi connectivity index (χ2n) is 4.52. The lowest BCUT2D eigenvalue weighted by Crippen LogP contribution is -2.35. The molecule has 2 aromatic rings. The van der Waals surface area contributed by atoms with E-state index in [4.69, 9.17) is 9.47 Å². The number of nitrogens with one attached hydrogen (secondary N) is 1. The summed E-state index contributed by atoms with van der Waals surface area (Å²) < 4.78 is 10.0. The van der Waals surface area contributed by atoms with Crippen LogP contribution in [-0.4, -0.2) is 28.6 Å². The van der Waals surface area contributed by atoms with Gasteiger partial charge in [0.05, 0.1) is 18.5 Å². The molecular formula is C16H17N3O4. The first-order valence-electron chi connectivity index (χ1n) is 7.10. The number of rotatable bonds is 6. The molecule has 1 N–H and O–H groups in total. The van der Waals surface area contributed by atoms with Gasteiger partial charge in [-0.15, -0.1) is 0 Å². The molecule has 0 bridgehead atoms. The highest BCUT2D eigenvalue weighted by Gasteiger charge is 2.26. The number of nitrogens with zero attached hydrogens (tertiary/aromatic N) is 2. The van der Waals surface area contributed by atoms with Crippen LogP contribution in [0.5, 0.6) is 0 Å². The summed E-state index contributed by atoms with van der Waals surface area (Å²) in [6, 6.07) is 8.16. The zero-order valence-electron chi connectivity index (χ0n) is 12.6. The first kappa shape index (κ1) is 16.4. The van der Waals surface area contributed by atoms with Crippen LogP contribution in [0.15, 0.2) is 48.9 Å². The van der Waals surface area contributed by atoms with E-state index in [0.29, 0.717) is 0 Å². The number of esters is 1. The topological polar surface area (TPSA) is 90.4 Å². The van der Waals surface area contributed by atoms with E-state index in [1.807, 2.05) is 30.3 Å². The van der Waals surface area contributed by atoms with Crippen molar-refractivity contribution < 1.29 is 19.1 Å². The molecule has 0 aliphatic rings. The average Bonchev–Trinajstić information content (AvgIpc) is 2.59. The first-order chi connectivity index (χ1) is 11.2. The van der Waals surface area contributed by atoms with E-state index in [-0.39, 0.29) is 18.9 Å². The third-order valence-corrected chi connectivity index (χ3v) is 2.88. The predicted molar refractivity (Wildman–Crippen MR) is 81.2 cm³/mol. The molecular weight excluding hydrogens is 298 g/mol. The van der Waals surface area contributed by atoms with Crippen LogP contribution < -0.4 is 5.32 Å². The van der Waals surface area contributed by atoms with Gasteiger partial charge >= 0.3 is 12.1 Å². The van der Waals surface area contributed by atoms with Crippen molar-refractivity contribution in [2.75, 3.05) is 6.61 Å². The van der Waals surface area contributed by atoms with E-state index in [1.165, 1.54) is 18.6 Å². The lowest BCUT2D eigenvalue weighted by molar-refractivity contribution is -0.145. The number of hydrogen-bond donors (Lipinski definition) is 1. The van der Waals surface area contributed by atoms with Crippen LogP contribution in [0, 0.1) is 0 Å². The number of amides is 1. The maximum absolute atomic E-state index is 12.0. The van der Waals surface area contributed by atoms with Gasteiger partial charge in [-0.2, -0.15) is 0 Å². The van der Waals surface area contributed by atoms with E-state index < -0.39 is 18.1 Å². The quantitative estimate of drug-likeness (QED) is 0.820. The van der Waals surface area contributed by atoms with Gasteiger partial charge in [-0.25, -0.2) is 9.59 Å².